The second kappa shape index (κ2) is 9.34. The summed E-state index contributed by atoms with van der Waals surface area (Å²) < 4.78 is 5.60. The standard InChI is InChI=1S/C25H28N4O3/c1-16-9-7-8-12-18(16)15-22(30)26-21-14-19(25(31)29(2)3)13-20(21)24-27-23(28-32-24)17-10-5-4-6-11-17/h4-12,19-21H,13-15H2,1-3H3,(H,26,30)/t19-,20-,21+/m1/s1. The van der Waals surface area contributed by atoms with Crippen molar-refractivity contribution in [3.8, 4) is 11.4 Å². The molecule has 3 atom stereocenters. The van der Waals surface area contributed by atoms with Crippen molar-refractivity contribution in [3.05, 3.63) is 71.6 Å². The maximum atomic E-state index is 12.9. The number of carbonyl (C=O) groups is 2. The van der Waals surface area contributed by atoms with E-state index in [1.807, 2.05) is 61.5 Å². The third-order valence-corrected chi connectivity index (χ3v) is 6.10. The maximum absolute atomic E-state index is 12.9. The molecule has 0 radical (unpaired) electrons. The molecule has 2 amide bonds. The molecule has 2 aromatic carbocycles. The molecule has 1 aliphatic carbocycles. The average Bonchev–Trinajstić information content (AvgIpc) is 3.43. The molecule has 7 nitrogen and oxygen atoms in total. The lowest BCUT2D eigenvalue weighted by molar-refractivity contribution is -0.133. The number of benzene rings is 2. The van der Waals surface area contributed by atoms with Gasteiger partial charge in [-0.05, 0) is 30.9 Å². The number of rotatable bonds is 6. The van der Waals surface area contributed by atoms with Gasteiger partial charge in [0.1, 0.15) is 0 Å². The van der Waals surface area contributed by atoms with Gasteiger partial charge in [-0.25, -0.2) is 0 Å². The highest BCUT2D eigenvalue weighted by Gasteiger charge is 2.42. The maximum Gasteiger partial charge on any atom is 0.232 e. The van der Waals surface area contributed by atoms with Crippen LogP contribution in [0, 0.1) is 12.8 Å². The zero-order valence-corrected chi connectivity index (χ0v) is 18.6. The van der Waals surface area contributed by atoms with E-state index in [0.29, 0.717) is 31.0 Å². The minimum absolute atomic E-state index is 0.0495. The Labute approximate surface area is 187 Å². The van der Waals surface area contributed by atoms with E-state index in [1.165, 1.54) is 0 Å². The summed E-state index contributed by atoms with van der Waals surface area (Å²) in [6, 6.07) is 17.2. The fraction of sp³-hybridized carbons (Fsp3) is 0.360. The summed E-state index contributed by atoms with van der Waals surface area (Å²) in [4.78, 5) is 31.7. The van der Waals surface area contributed by atoms with E-state index in [9.17, 15) is 9.59 Å². The molecule has 0 saturated heterocycles. The van der Waals surface area contributed by atoms with Gasteiger partial charge in [0.15, 0.2) is 0 Å². The fourth-order valence-corrected chi connectivity index (χ4v) is 4.37. The zero-order chi connectivity index (χ0) is 22.7. The largest absolute Gasteiger partial charge is 0.352 e. The van der Waals surface area contributed by atoms with Crippen LogP contribution in [-0.4, -0.2) is 47.0 Å². The summed E-state index contributed by atoms with van der Waals surface area (Å²) in [6.45, 7) is 2.00. The van der Waals surface area contributed by atoms with Crippen LogP contribution in [0.15, 0.2) is 59.1 Å². The molecule has 7 heteroatoms. The quantitative estimate of drug-likeness (QED) is 0.645. The van der Waals surface area contributed by atoms with Crippen LogP contribution >= 0.6 is 0 Å². The lowest BCUT2D eigenvalue weighted by Crippen LogP contribution is -2.38. The van der Waals surface area contributed by atoms with Gasteiger partial charge >= 0.3 is 0 Å². The van der Waals surface area contributed by atoms with Gasteiger partial charge < -0.3 is 14.7 Å². The number of hydrogen-bond acceptors (Lipinski definition) is 5. The van der Waals surface area contributed by atoms with Crippen LogP contribution in [-0.2, 0) is 16.0 Å². The second-order valence-corrected chi connectivity index (χ2v) is 8.61. The van der Waals surface area contributed by atoms with Crippen LogP contribution < -0.4 is 5.32 Å². The van der Waals surface area contributed by atoms with Gasteiger partial charge in [0, 0.05) is 31.6 Å². The molecule has 32 heavy (non-hydrogen) atoms. The van der Waals surface area contributed by atoms with Crippen molar-refractivity contribution in [2.24, 2.45) is 5.92 Å². The Morgan fingerprint density at radius 3 is 2.50 bits per heavy atom. The Balaban J connectivity index is 1.54. The summed E-state index contributed by atoms with van der Waals surface area (Å²) in [5.41, 5.74) is 2.93. The molecular weight excluding hydrogens is 404 g/mol. The summed E-state index contributed by atoms with van der Waals surface area (Å²) in [5.74, 6) is 0.524. The van der Waals surface area contributed by atoms with E-state index < -0.39 is 0 Å². The number of nitrogens with zero attached hydrogens (tertiary/aromatic N) is 3. The van der Waals surface area contributed by atoms with Gasteiger partial charge in [0.05, 0.1) is 12.3 Å². The summed E-state index contributed by atoms with van der Waals surface area (Å²) in [6.07, 6.45) is 1.40. The van der Waals surface area contributed by atoms with E-state index in [4.69, 9.17) is 4.52 Å². The molecule has 1 N–H and O–H groups in total. The molecule has 3 aromatic rings. The first-order valence-electron chi connectivity index (χ1n) is 10.9. The van der Waals surface area contributed by atoms with Crippen molar-refractivity contribution in [1.29, 1.82) is 0 Å². The second-order valence-electron chi connectivity index (χ2n) is 8.61. The number of hydrogen-bond donors (Lipinski definition) is 1. The Morgan fingerprint density at radius 2 is 1.78 bits per heavy atom. The average molecular weight is 433 g/mol. The first kappa shape index (κ1) is 21.7. The number of amides is 2. The highest BCUT2D eigenvalue weighted by atomic mass is 16.5. The number of aromatic nitrogens is 2. The van der Waals surface area contributed by atoms with E-state index in [2.05, 4.69) is 15.5 Å². The molecule has 1 saturated carbocycles. The van der Waals surface area contributed by atoms with Crippen molar-refractivity contribution in [2.75, 3.05) is 14.1 Å². The van der Waals surface area contributed by atoms with Gasteiger partial charge in [-0.2, -0.15) is 4.98 Å². The van der Waals surface area contributed by atoms with E-state index in [1.54, 1.807) is 19.0 Å². The third kappa shape index (κ3) is 4.72. The van der Waals surface area contributed by atoms with Crippen LogP contribution in [0.2, 0.25) is 0 Å². The third-order valence-electron chi connectivity index (χ3n) is 6.10. The number of nitrogens with one attached hydrogen (secondary N) is 1. The molecule has 0 bridgehead atoms. The Hall–Kier alpha value is -3.48. The molecule has 1 aromatic heterocycles. The van der Waals surface area contributed by atoms with Crippen molar-refractivity contribution in [1.82, 2.24) is 20.4 Å². The van der Waals surface area contributed by atoms with Crippen molar-refractivity contribution in [3.63, 3.8) is 0 Å². The first-order valence-corrected chi connectivity index (χ1v) is 10.9. The topological polar surface area (TPSA) is 88.3 Å². The smallest absolute Gasteiger partial charge is 0.232 e. The van der Waals surface area contributed by atoms with Crippen LogP contribution in [0.3, 0.4) is 0 Å². The lowest BCUT2D eigenvalue weighted by atomic mass is 10.0. The molecule has 1 fully saturated rings. The normalized spacial score (nSPS) is 20.2. The van der Waals surface area contributed by atoms with Crippen LogP contribution in [0.4, 0.5) is 0 Å². The van der Waals surface area contributed by atoms with Gasteiger partial charge in [0.2, 0.25) is 23.5 Å². The summed E-state index contributed by atoms with van der Waals surface area (Å²) in [5, 5.41) is 7.27. The molecular formula is C25H28N4O3. The Kier molecular flexibility index (Phi) is 6.35. The molecule has 1 aliphatic rings. The van der Waals surface area contributed by atoms with Crippen molar-refractivity contribution < 1.29 is 14.1 Å². The summed E-state index contributed by atoms with van der Waals surface area (Å²) >= 11 is 0. The van der Waals surface area contributed by atoms with E-state index >= 15 is 0 Å². The van der Waals surface area contributed by atoms with Gasteiger partial charge in [-0.3, -0.25) is 9.59 Å². The van der Waals surface area contributed by atoms with Gasteiger partial charge in [-0.1, -0.05) is 59.8 Å². The predicted octanol–water partition coefficient (Wildman–Crippen LogP) is 3.35. The van der Waals surface area contributed by atoms with E-state index in [-0.39, 0.29) is 29.7 Å². The monoisotopic (exact) mass is 432 g/mol. The molecule has 0 spiro atoms. The van der Waals surface area contributed by atoms with Crippen molar-refractivity contribution >= 4 is 11.8 Å². The fourth-order valence-electron chi connectivity index (χ4n) is 4.37. The lowest BCUT2D eigenvalue weighted by Gasteiger charge is -2.18. The highest BCUT2D eigenvalue weighted by Crippen LogP contribution is 2.39. The number of aryl methyl sites for hydroxylation is 1. The van der Waals surface area contributed by atoms with Crippen LogP contribution in [0.5, 0.6) is 0 Å². The zero-order valence-electron chi connectivity index (χ0n) is 18.6. The highest BCUT2D eigenvalue weighted by molar-refractivity contribution is 5.81. The first-order chi connectivity index (χ1) is 15.4. The molecule has 0 aliphatic heterocycles. The van der Waals surface area contributed by atoms with Gasteiger partial charge in [-0.15, -0.1) is 0 Å². The van der Waals surface area contributed by atoms with E-state index in [0.717, 1.165) is 16.7 Å². The minimum Gasteiger partial charge on any atom is -0.352 e. The van der Waals surface area contributed by atoms with Gasteiger partial charge in [0.25, 0.3) is 0 Å². The molecule has 166 valence electrons. The Bertz CT molecular complexity index is 1090. The Morgan fingerprint density at radius 1 is 1.06 bits per heavy atom. The minimum atomic E-state index is -0.246. The van der Waals surface area contributed by atoms with Crippen LogP contribution in [0.1, 0.15) is 35.8 Å². The number of carbonyl (C=O) groups excluding carboxylic acids is 2. The predicted molar refractivity (Wildman–Crippen MR) is 121 cm³/mol. The van der Waals surface area contributed by atoms with Crippen molar-refractivity contribution in [2.45, 2.75) is 38.1 Å². The molecule has 0 unspecified atom stereocenters. The summed E-state index contributed by atoms with van der Waals surface area (Å²) in [7, 11) is 3.50. The van der Waals surface area contributed by atoms with Crippen LogP contribution in [0.25, 0.3) is 11.4 Å². The molecule has 1 heterocycles. The SMILES string of the molecule is Cc1ccccc1CC(=O)N[C@H]1C[C@H](C(=O)N(C)C)C[C@H]1c1nc(-c2ccccc2)no1. The molecule has 4 rings (SSSR count).